The highest BCUT2D eigenvalue weighted by molar-refractivity contribution is 4.51. The van der Waals surface area contributed by atoms with Gasteiger partial charge in [0.25, 0.3) is 0 Å². The number of rotatable bonds is 6. The van der Waals surface area contributed by atoms with E-state index in [0.717, 1.165) is 6.42 Å². The van der Waals surface area contributed by atoms with Gasteiger partial charge in [-0.25, -0.2) is 0 Å². The van der Waals surface area contributed by atoms with E-state index in [0.29, 0.717) is 13.4 Å². The Morgan fingerprint density at radius 2 is 2.20 bits per heavy atom. The third-order valence-electron chi connectivity index (χ3n) is 1.39. The van der Waals surface area contributed by atoms with Crippen LogP contribution in [-0.4, -0.2) is 32.2 Å². The van der Waals surface area contributed by atoms with Gasteiger partial charge in [0, 0.05) is 19.6 Å². The van der Waals surface area contributed by atoms with Gasteiger partial charge in [-0.05, 0) is 6.42 Å². The Morgan fingerprint density at radius 3 is 2.60 bits per heavy atom. The summed E-state index contributed by atoms with van der Waals surface area (Å²) in [6, 6.07) is 0. The summed E-state index contributed by atoms with van der Waals surface area (Å²) in [5, 5.41) is 8.70. The predicted molar refractivity (Wildman–Crippen MR) is 38.7 cm³/mol. The van der Waals surface area contributed by atoms with Gasteiger partial charge < -0.3 is 14.6 Å². The van der Waals surface area contributed by atoms with Crippen molar-refractivity contribution in [2.75, 3.05) is 27.1 Å². The van der Waals surface area contributed by atoms with Crippen molar-refractivity contribution >= 4 is 0 Å². The van der Waals surface area contributed by atoms with Crippen LogP contribution in [0.2, 0.25) is 0 Å². The Labute approximate surface area is 62.0 Å². The smallest absolute Gasteiger partial charge is 0.146 e. The molecule has 62 valence electrons. The average molecular weight is 148 g/mol. The van der Waals surface area contributed by atoms with Crippen molar-refractivity contribution in [2.45, 2.75) is 13.3 Å². The molecule has 0 amide bonds. The van der Waals surface area contributed by atoms with E-state index in [2.05, 4.69) is 4.74 Å². The first-order chi connectivity index (χ1) is 4.85. The molecule has 0 aliphatic carbocycles. The number of aliphatic hydroxyl groups is 1. The molecule has 0 bridgehead atoms. The van der Waals surface area contributed by atoms with Gasteiger partial charge in [-0.3, -0.25) is 0 Å². The monoisotopic (exact) mass is 148 g/mol. The Morgan fingerprint density at radius 1 is 1.50 bits per heavy atom. The normalized spacial score (nSPS) is 13.5. The summed E-state index contributed by atoms with van der Waals surface area (Å²) in [7, 11) is 1.58. The van der Waals surface area contributed by atoms with Gasteiger partial charge in [0.05, 0.1) is 6.61 Å². The molecule has 0 rings (SSSR count). The van der Waals surface area contributed by atoms with Gasteiger partial charge in [0.2, 0.25) is 0 Å². The van der Waals surface area contributed by atoms with Crippen molar-refractivity contribution in [1.82, 2.24) is 0 Å². The zero-order valence-corrected chi connectivity index (χ0v) is 6.67. The lowest BCUT2D eigenvalue weighted by molar-refractivity contribution is -0.0493. The highest BCUT2D eigenvalue weighted by atomic mass is 16.7. The zero-order chi connectivity index (χ0) is 7.82. The van der Waals surface area contributed by atoms with Gasteiger partial charge in [-0.15, -0.1) is 0 Å². The summed E-state index contributed by atoms with van der Waals surface area (Å²) in [5.41, 5.74) is 0. The van der Waals surface area contributed by atoms with E-state index in [1.807, 2.05) is 6.92 Å². The summed E-state index contributed by atoms with van der Waals surface area (Å²) < 4.78 is 9.72. The molecule has 0 aromatic rings. The SMILES string of the molecule is CCC(CO)COCOC. The lowest BCUT2D eigenvalue weighted by Gasteiger charge is -2.10. The highest BCUT2D eigenvalue weighted by Gasteiger charge is 2.02. The van der Waals surface area contributed by atoms with E-state index < -0.39 is 0 Å². The standard InChI is InChI=1S/C7H16O3/c1-3-7(4-8)5-10-6-9-2/h7-8H,3-6H2,1-2H3. The van der Waals surface area contributed by atoms with Gasteiger partial charge in [-0.2, -0.15) is 0 Å². The third-order valence-corrected chi connectivity index (χ3v) is 1.39. The molecule has 0 saturated heterocycles. The van der Waals surface area contributed by atoms with E-state index in [4.69, 9.17) is 9.84 Å². The summed E-state index contributed by atoms with van der Waals surface area (Å²) in [4.78, 5) is 0. The summed E-state index contributed by atoms with van der Waals surface area (Å²) in [6.07, 6.45) is 0.945. The van der Waals surface area contributed by atoms with Crippen LogP contribution in [-0.2, 0) is 9.47 Å². The van der Waals surface area contributed by atoms with Gasteiger partial charge >= 0.3 is 0 Å². The Bertz CT molecular complexity index is 61.9. The van der Waals surface area contributed by atoms with Crippen molar-refractivity contribution in [3.05, 3.63) is 0 Å². The first kappa shape index (κ1) is 9.88. The summed E-state index contributed by atoms with van der Waals surface area (Å²) >= 11 is 0. The molecule has 0 fully saturated rings. The fourth-order valence-corrected chi connectivity index (χ4v) is 0.598. The molecule has 0 aromatic heterocycles. The maximum Gasteiger partial charge on any atom is 0.146 e. The molecule has 0 aliphatic heterocycles. The van der Waals surface area contributed by atoms with Gasteiger partial charge in [-0.1, -0.05) is 6.92 Å². The first-order valence-corrected chi connectivity index (χ1v) is 3.52. The van der Waals surface area contributed by atoms with Crippen LogP contribution in [0.4, 0.5) is 0 Å². The molecule has 0 saturated carbocycles. The largest absolute Gasteiger partial charge is 0.396 e. The van der Waals surface area contributed by atoms with Crippen molar-refractivity contribution < 1.29 is 14.6 Å². The molecular formula is C7H16O3. The molecule has 3 nitrogen and oxygen atoms in total. The van der Waals surface area contributed by atoms with Crippen LogP contribution in [0, 0.1) is 5.92 Å². The minimum atomic E-state index is 0.195. The van der Waals surface area contributed by atoms with E-state index in [1.165, 1.54) is 0 Å². The second-order valence-corrected chi connectivity index (χ2v) is 2.23. The van der Waals surface area contributed by atoms with Crippen LogP contribution in [0.1, 0.15) is 13.3 Å². The molecule has 0 heterocycles. The molecule has 0 radical (unpaired) electrons. The number of ether oxygens (including phenoxy) is 2. The minimum Gasteiger partial charge on any atom is -0.396 e. The number of methoxy groups -OCH3 is 1. The van der Waals surface area contributed by atoms with Crippen molar-refractivity contribution in [3.63, 3.8) is 0 Å². The number of hydrogen-bond acceptors (Lipinski definition) is 3. The first-order valence-electron chi connectivity index (χ1n) is 3.52. The van der Waals surface area contributed by atoms with E-state index in [9.17, 15) is 0 Å². The van der Waals surface area contributed by atoms with Gasteiger partial charge in [0.1, 0.15) is 6.79 Å². The molecule has 0 spiro atoms. The third kappa shape index (κ3) is 4.73. The predicted octanol–water partition coefficient (Wildman–Crippen LogP) is 0.625. The Kier molecular flexibility index (Phi) is 6.91. The summed E-state index contributed by atoms with van der Waals surface area (Å²) in [6.45, 7) is 3.12. The molecule has 3 heteroatoms. The second kappa shape index (κ2) is 6.99. The lowest BCUT2D eigenvalue weighted by atomic mass is 10.1. The van der Waals surface area contributed by atoms with E-state index in [1.54, 1.807) is 7.11 Å². The molecule has 1 unspecified atom stereocenters. The lowest BCUT2D eigenvalue weighted by Crippen LogP contribution is -2.13. The Hall–Kier alpha value is -0.120. The van der Waals surface area contributed by atoms with E-state index >= 15 is 0 Å². The van der Waals surface area contributed by atoms with Crippen LogP contribution in [0.25, 0.3) is 0 Å². The van der Waals surface area contributed by atoms with Crippen molar-refractivity contribution in [2.24, 2.45) is 5.92 Å². The summed E-state index contributed by atoms with van der Waals surface area (Å²) in [5.74, 6) is 0.259. The van der Waals surface area contributed by atoms with Gasteiger partial charge in [0.15, 0.2) is 0 Å². The molecule has 1 atom stereocenters. The fraction of sp³-hybridized carbons (Fsp3) is 1.00. The zero-order valence-electron chi connectivity index (χ0n) is 6.67. The maximum atomic E-state index is 8.70. The fourth-order valence-electron chi connectivity index (χ4n) is 0.598. The van der Waals surface area contributed by atoms with Crippen LogP contribution < -0.4 is 0 Å². The molecule has 0 aliphatic rings. The van der Waals surface area contributed by atoms with Crippen molar-refractivity contribution in [1.29, 1.82) is 0 Å². The maximum absolute atomic E-state index is 8.70. The average Bonchev–Trinajstić information content (AvgIpc) is 1.99. The molecule has 0 aromatic carbocycles. The minimum absolute atomic E-state index is 0.195. The molecule has 1 N–H and O–H groups in total. The van der Waals surface area contributed by atoms with Crippen molar-refractivity contribution in [3.8, 4) is 0 Å². The van der Waals surface area contributed by atoms with Crippen LogP contribution >= 0.6 is 0 Å². The number of hydrogen-bond donors (Lipinski definition) is 1. The Balaban J connectivity index is 3.09. The molecule has 10 heavy (non-hydrogen) atoms. The van der Waals surface area contributed by atoms with E-state index in [-0.39, 0.29) is 12.5 Å². The van der Waals surface area contributed by atoms with Crippen LogP contribution in [0.5, 0.6) is 0 Å². The van der Waals surface area contributed by atoms with Crippen LogP contribution in [0.15, 0.2) is 0 Å². The van der Waals surface area contributed by atoms with Crippen LogP contribution in [0.3, 0.4) is 0 Å². The highest BCUT2D eigenvalue weighted by Crippen LogP contribution is 2.00. The topological polar surface area (TPSA) is 38.7 Å². The second-order valence-electron chi connectivity index (χ2n) is 2.23. The quantitative estimate of drug-likeness (QED) is 0.443. The number of aliphatic hydroxyl groups excluding tert-OH is 1. The molecular weight excluding hydrogens is 132 g/mol.